The van der Waals surface area contributed by atoms with E-state index in [9.17, 15) is 14.7 Å². The van der Waals surface area contributed by atoms with Crippen LogP contribution in [-0.4, -0.2) is 23.5 Å². The Bertz CT molecular complexity index is 1030. The van der Waals surface area contributed by atoms with Crippen molar-refractivity contribution in [2.24, 2.45) is 5.92 Å². The van der Waals surface area contributed by atoms with Crippen molar-refractivity contribution in [2.75, 3.05) is 6.61 Å². The molecule has 3 aromatic carbocycles. The molecule has 0 heterocycles. The molecule has 0 amide bonds. The van der Waals surface area contributed by atoms with Gasteiger partial charge in [0.1, 0.15) is 11.3 Å². The predicted octanol–water partition coefficient (Wildman–Crippen LogP) is 6.22. The maximum atomic E-state index is 13.0. The van der Waals surface area contributed by atoms with Crippen molar-refractivity contribution < 1.29 is 19.4 Å². The number of phenolic OH excluding ortho intramolecular Hbond substituents is 1. The molecule has 1 N–H and O–H groups in total. The van der Waals surface area contributed by atoms with Gasteiger partial charge in [0.05, 0.1) is 6.61 Å². The third-order valence-electron chi connectivity index (χ3n) is 5.70. The van der Waals surface area contributed by atoms with E-state index in [1.807, 2.05) is 54.6 Å². The number of aryl methyl sites for hydroxylation is 1. The molecule has 166 valence electrons. The molecule has 1 atom stereocenters. The maximum Gasteiger partial charge on any atom is 0.341 e. The molecule has 0 aliphatic heterocycles. The van der Waals surface area contributed by atoms with Crippen LogP contribution in [0.15, 0.2) is 78.9 Å². The smallest absolute Gasteiger partial charge is 0.341 e. The number of carbonyl (C=O) groups is 2. The van der Waals surface area contributed by atoms with Gasteiger partial charge in [-0.2, -0.15) is 0 Å². The molecule has 0 spiro atoms. The van der Waals surface area contributed by atoms with E-state index in [-0.39, 0.29) is 17.1 Å². The highest BCUT2D eigenvalue weighted by atomic mass is 16.5. The highest BCUT2D eigenvalue weighted by molar-refractivity contribution is 6.09. The molecule has 3 aromatic rings. The first-order valence-electron chi connectivity index (χ1n) is 11.2. The fourth-order valence-electron chi connectivity index (χ4n) is 3.95. The van der Waals surface area contributed by atoms with Gasteiger partial charge in [0.2, 0.25) is 0 Å². The molecule has 4 nitrogen and oxygen atoms in total. The molecule has 0 fully saturated rings. The Morgan fingerprint density at radius 3 is 2.19 bits per heavy atom. The highest BCUT2D eigenvalue weighted by Crippen LogP contribution is 2.23. The number of hydrogen-bond acceptors (Lipinski definition) is 4. The second-order valence-corrected chi connectivity index (χ2v) is 7.99. The van der Waals surface area contributed by atoms with Gasteiger partial charge >= 0.3 is 5.97 Å². The van der Waals surface area contributed by atoms with Gasteiger partial charge in [-0.15, -0.1) is 0 Å². The largest absolute Gasteiger partial charge is 0.507 e. The Morgan fingerprint density at radius 2 is 1.47 bits per heavy atom. The van der Waals surface area contributed by atoms with Crippen molar-refractivity contribution >= 4 is 11.8 Å². The monoisotopic (exact) mass is 430 g/mol. The molecule has 0 aliphatic rings. The summed E-state index contributed by atoms with van der Waals surface area (Å²) in [6, 6.07) is 23.6. The molecule has 3 rings (SSSR count). The van der Waals surface area contributed by atoms with Crippen LogP contribution >= 0.6 is 0 Å². The number of ketones is 1. The third kappa shape index (κ3) is 6.30. The van der Waals surface area contributed by atoms with Crippen LogP contribution in [0, 0.1) is 5.92 Å². The van der Waals surface area contributed by atoms with E-state index < -0.39 is 5.97 Å². The van der Waals surface area contributed by atoms with Gasteiger partial charge in [-0.1, -0.05) is 86.5 Å². The molecule has 1 unspecified atom stereocenters. The standard InChI is InChI=1S/C28H30O4/c1-2-10-21(19-20-32-28(31)25-15-8-9-16-26(25)29)17-18-22-11-6-7-14-24(22)27(30)23-12-4-3-5-13-23/h3-9,11-16,21,29H,2,10,17-20H2,1H3. The molecule has 0 saturated carbocycles. The summed E-state index contributed by atoms with van der Waals surface area (Å²) >= 11 is 0. The van der Waals surface area contributed by atoms with Gasteiger partial charge in [-0.25, -0.2) is 4.79 Å². The van der Waals surface area contributed by atoms with Crippen LogP contribution in [0.3, 0.4) is 0 Å². The van der Waals surface area contributed by atoms with E-state index in [0.29, 0.717) is 18.1 Å². The number of para-hydroxylation sites is 1. The summed E-state index contributed by atoms with van der Waals surface area (Å²) in [7, 11) is 0. The lowest BCUT2D eigenvalue weighted by Crippen LogP contribution is -2.12. The number of esters is 1. The average Bonchev–Trinajstić information content (AvgIpc) is 2.83. The Hall–Kier alpha value is -3.40. The third-order valence-corrected chi connectivity index (χ3v) is 5.70. The first kappa shape index (κ1) is 23.3. The van der Waals surface area contributed by atoms with E-state index in [2.05, 4.69) is 6.92 Å². The van der Waals surface area contributed by atoms with Crippen molar-refractivity contribution in [3.8, 4) is 5.75 Å². The van der Waals surface area contributed by atoms with E-state index in [4.69, 9.17) is 4.74 Å². The minimum absolute atomic E-state index is 0.0461. The van der Waals surface area contributed by atoms with E-state index in [1.165, 1.54) is 6.07 Å². The van der Waals surface area contributed by atoms with Crippen LogP contribution in [0.5, 0.6) is 5.75 Å². The summed E-state index contributed by atoms with van der Waals surface area (Å²) in [6.45, 7) is 2.45. The molecular weight excluding hydrogens is 400 g/mol. The number of carbonyl (C=O) groups excluding carboxylic acids is 2. The maximum absolute atomic E-state index is 13.0. The molecule has 0 aromatic heterocycles. The van der Waals surface area contributed by atoms with E-state index >= 15 is 0 Å². The van der Waals surface area contributed by atoms with Gasteiger partial charge in [-0.05, 0) is 42.9 Å². The Balaban J connectivity index is 1.58. The number of hydrogen-bond donors (Lipinski definition) is 1. The lowest BCUT2D eigenvalue weighted by Gasteiger charge is -2.17. The summed E-state index contributed by atoms with van der Waals surface area (Å²) in [5.74, 6) is -0.138. The second-order valence-electron chi connectivity index (χ2n) is 7.99. The van der Waals surface area contributed by atoms with Gasteiger partial charge in [-0.3, -0.25) is 4.79 Å². The predicted molar refractivity (Wildman–Crippen MR) is 126 cm³/mol. The molecule has 0 aliphatic carbocycles. The number of rotatable bonds is 11. The van der Waals surface area contributed by atoms with Crippen LogP contribution < -0.4 is 0 Å². The summed E-state index contributed by atoms with van der Waals surface area (Å²) in [5, 5.41) is 9.81. The zero-order valence-electron chi connectivity index (χ0n) is 18.5. The van der Waals surface area contributed by atoms with Gasteiger partial charge < -0.3 is 9.84 Å². The highest BCUT2D eigenvalue weighted by Gasteiger charge is 2.16. The first-order chi connectivity index (χ1) is 15.6. The Morgan fingerprint density at radius 1 is 0.812 bits per heavy atom. The van der Waals surface area contributed by atoms with Crippen LogP contribution in [0.25, 0.3) is 0 Å². The Kier molecular flexibility index (Phi) is 8.61. The zero-order chi connectivity index (χ0) is 22.8. The lowest BCUT2D eigenvalue weighted by atomic mass is 9.89. The number of aromatic hydroxyl groups is 1. The molecule has 4 heteroatoms. The quantitative estimate of drug-likeness (QED) is 0.290. The number of ether oxygens (including phenoxy) is 1. The van der Waals surface area contributed by atoms with Gasteiger partial charge in [0.25, 0.3) is 0 Å². The summed E-state index contributed by atoms with van der Waals surface area (Å²) in [4.78, 5) is 25.2. The average molecular weight is 431 g/mol. The molecule has 0 saturated heterocycles. The zero-order valence-corrected chi connectivity index (χ0v) is 18.5. The fraction of sp³-hybridized carbons (Fsp3) is 0.286. The summed E-state index contributed by atoms with van der Waals surface area (Å²) in [5.41, 5.74) is 2.68. The first-order valence-corrected chi connectivity index (χ1v) is 11.2. The summed E-state index contributed by atoms with van der Waals surface area (Å²) < 4.78 is 5.40. The molecule has 32 heavy (non-hydrogen) atoms. The SMILES string of the molecule is CCCC(CCOC(=O)c1ccccc1O)CCc1ccccc1C(=O)c1ccccc1. The van der Waals surface area contributed by atoms with Crippen molar-refractivity contribution in [1.29, 1.82) is 0 Å². The van der Waals surface area contributed by atoms with Crippen LogP contribution in [0.1, 0.15) is 64.4 Å². The number of phenols is 1. The molecular formula is C28H30O4. The minimum Gasteiger partial charge on any atom is -0.507 e. The summed E-state index contributed by atoms with van der Waals surface area (Å²) in [6.07, 6.45) is 4.54. The van der Waals surface area contributed by atoms with Gasteiger partial charge in [0, 0.05) is 11.1 Å². The van der Waals surface area contributed by atoms with Crippen molar-refractivity contribution in [1.82, 2.24) is 0 Å². The second kappa shape index (κ2) is 11.8. The van der Waals surface area contributed by atoms with Crippen molar-refractivity contribution in [2.45, 2.75) is 39.0 Å². The normalized spacial score (nSPS) is 11.7. The van der Waals surface area contributed by atoms with Crippen LogP contribution in [0.4, 0.5) is 0 Å². The Labute approximate surface area is 189 Å². The van der Waals surface area contributed by atoms with Gasteiger partial charge in [0.15, 0.2) is 5.78 Å². The molecule has 0 radical (unpaired) electrons. The van der Waals surface area contributed by atoms with Crippen molar-refractivity contribution in [3.05, 3.63) is 101 Å². The van der Waals surface area contributed by atoms with Crippen LogP contribution in [0.2, 0.25) is 0 Å². The topological polar surface area (TPSA) is 63.6 Å². The number of benzene rings is 3. The van der Waals surface area contributed by atoms with Crippen molar-refractivity contribution in [3.63, 3.8) is 0 Å². The lowest BCUT2D eigenvalue weighted by molar-refractivity contribution is 0.0475. The minimum atomic E-state index is -0.503. The van der Waals surface area contributed by atoms with E-state index in [1.54, 1.807) is 18.2 Å². The fourth-order valence-corrected chi connectivity index (χ4v) is 3.95. The molecule has 0 bridgehead atoms. The van der Waals surface area contributed by atoms with Crippen LogP contribution in [-0.2, 0) is 11.2 Å². The van der Waals surface area contributed by atoms with E-state index in [0.717, 1.165) is 43.2 Å².